The molecule has 0 fully saturated rings. The van der Waals surface area contributed by atoms with Gasteiger partial charge in [0.1, 0.15) is 16.9 Å². The number of anilines is 2. The summed E-state index contributed by atoms with van der Waals surface area (Å²) in [5.74, 6) is 0.309. The summed E-state index contributed by atoms with van der Waals surface area (Å²) in [4.78, 5) is 9.43. The maximum absolute atomic E-state index is 13.2. The molecule has 0 aliphatic heterocycles. The molecule has 0 atom stereocenters. The molecular formula is C18H22F3N3O2. The number of rotatable bonds is 5. The molecule has 1 heterocycles. The van der Waals surface area contributed by atoms with Gasteiger partial charge in [-0.3, -0.25) is 0 Å². The van der Waals surface area contributed by atoms with E-state index in [4.69, 9.17) is 9.47 Å². The minimum Gasteiger partial charge on any atom is -0.494 e. The first kappa shape index (κ1) is 19.8. The number of alkyl halides is 3. The molecule has 0 saturated heterocycles. The predicted molar refractivity (Wildman–Crippen MR) is 93.1 cm³/mol. The molecule has 0 radical (unpaired) electrons. The molecule has 0 spiro atoms. The van der Waals surface area contributed by atoms with E-state index in [0.29, 0.717) is 18.0 Å². The number of hydrogen-bond donors (Lipinski definition) is 0. The van der Waals surface area contributed by atoms with Crippen LogP contribution in [0.3, 0.4) is 0 Å². The average Bonchev–Trinajstić information content (AvgIpc) is 2.52. The van der Waals surface area contributed by atoms with Gasteiger partial charge in [0.2, 0.25) is 11.8 Å². The van der Waals surface area contributed by atoms with Crippen molar-refractivity contribution in [3.8, 4) is 11.6 Å². The first-order chi connectivity index (χ1) is 12.0. The summed E-state index contributed by atoms with van der Waals surface area (Å²) in [6, 6.07) is 7.09. The van der Waals surface area contributed by atoms with E-state index in [1.165, 1.54) is 0 Å². The highest BCUT2D eigenvalue weighted by molar-refractivity contribution is 5.58. The Balaban J connectivity index is 2.38. The van der Waals surface area contributed by atoms with Crippen LogP contribution in [0, 0.1) is 0 Å². The largest absolute Gasteiger partial charge is 0.494 e. The van der Waals surface area contributed by atoms with Crippen molar-refractivity contribution < 1.29 is 22.6 Å². The smallest absolute Gasteiger partial charge is 0.423 e. The quantitative estimate of drug-likeness (QED) is 0.755. The van der Waals surface area contributed by atoms with Crippen molar-refractivity contribution in [1.29, 1.82) is 0 Å². The summed E-state index contributed by atoms with van der Waals surface area (Å²) < 4.78 is 50.4. The van der Waals surface area contributed by atoms with Gasteiger partial charge in [0.25, 0.3) is 0 Å². The standard InChI is InChI=1S/C18H22F3N3O2/c1-6-25-13-9-7-12(8-10-13)24(5)16-22-11-14(18(19,20)21)15(23-16)26-17(2,3)4/h7-11H,6H2,1-5H3. The topological polar surface area (TPSA) is 47.5 Å². The zero-order valence-corrected chi connectivity index (χ0v) is 15.4. The van der Waals surface area contributed by atoms with Gasteiger partial charge in [-0.2, -0.15) is 18.2 Å². The maximum atomic E-state index is 13.2. The molecule has 0 amide bonds. The van der Waals surface area contributed by atoms with Crippen LogP contribution in [0.4, 0.5) is 24.8 Å². The van der Waals surface area contributed by atoms with Crippen LogP contribution in [-0.2, 0) is 6.18 Å². The number of benzene rings is 1. The van der Waals surface area contributed by atoms with Crippen molar-refractivity contribution in [1.82, 2.24) is 9.97 Å². The summed E-state index contributed by atoms with van der Waals surface area (Å²) >= 11 is 0. The Hall–Kier alpha value is -2.51. The van der Waals surface area contributed by atoms with Gasteiger partial charge in [-0.1, -0.05) is 0 Å². The molecule has 0 aliphatic rings. The third-order valence-electron chi connectivity index (χ3n) is 3.28. The Morgan fingerprint density at radius 2 is 1.69 bits per heavy atom. The number of halogens is 3. The lowest BCUT2D eigenvalue weighted by Gasteiger charge is -2.24. The van der Waals surface area contributed by atoms with Crippen LogP contribution in [-0.4, -0.2) is 29.2 Å². The molecular weight excluding hydrogens is 347 g/mol. The van der Waals surface area contributed by atoms with Crippen LogP contribution in [0.15, 0.2) is 30.5 Å². The van der Waals surface area contributed by atoms with E-state index in [1.807, 2.05) is 6.92 Å². The third kappa shape index (κ3) is 5.00. The zero-order chi connectivity index (χ0) is 19.5. The predicted octanol–water partition coefficient (Wildman–Crippen LogP) is 4.84. The van der Waals surface area contributed by atoms with Gasteiger partial charge < -0.3 is 14.4 Å². The maximum Gasteiger partial charge on any atom is 0.423 e. The van der Waals surface area contributed by atoms with E-state index >= 15 is 0 Å². The van der Waals surface area contributed by atoms with Crippen LogP contribution in [0.2, 0.25) is 0 Å². The summed E-state index contributed by atoms with van der Waals surface area (Å²) in [6.07, 6.45) is -3.86. The Morgan fingerprint density at radius 3 is 2.19 bits per heavy atom. The first-order valence-corrected chi connectivity index (χ1v) is 8.11. The number of nitrogens with zero attached hydrogens (tertiary/aromatic N) is 3. The normalized spacial score (nSPS) is 12.0. The second-order valence-electron chi connectivity index (χ2n) is 6.59. The fraction of sp³-hybridized carbons (Fsp3) is 0.444. The Morgan fingerprint density at radius 1 is 1.08 bits per heavy atom. The highest BCUT2D eigenvalue weighted by Crippen LogP contribution is 2.37. The molecule has 5 nitrogen and oxygen atoms in total. The van der Waals surface area contributed by atoms with Crippen molar-refractivity contribution in [3.05, 3.63) is 36.0 Å². The van der Waals surface area contributed by atoms with Crippen molar-refractivity contribution in [2.24, 2.45) is 0 Å². The van der Waals surface area contributed by atoms with E-state index in [9.17, 15) is 13.2 Å². The van der Waals surface area contributed by atoms with Gasteiger partial charge in [-0.15, -0.1) is 0 Å². The Kier molecular flexibility index (Phi) is 5.63. The molecule has 0 bridgehead atoms. The summed E-state index contributed by atoms with van der Waals surface area (Å²) in [5.41, 5.74) is -1.13. The van der Waals surface area contributed by atoms with Crippen LogP contribution < -0.4 is 14.4 Å². The second kappa shape index (κ2) is 7.39. The van der Waals surface area contributed by atoms with Gasteiger partial charge >= 0.3 is 6.18 Å². The highest BCUT2D eigenvalue weighted by atomic mass is 19.4. The fourth-order valence-electron chi connectivity index (χ4n) is 2.13. The molecule has 2 aromatic rings. The van der Waals surface area contributed by atoms with E-state index < -0.39 is 23.2 Å². The molecule has 0 unspecified atom stereocenters. The number of ether oxygens (including phenoxy) is 2. The molecule has 0 saturated carbocycles. The Bertz CT molecular complexity index is 741. The van der Waals surface area contributed by atoms with E-state index in [0.717, 1.165) is 6.20 Å². The SMILES string of the molecule is CCOc1ccc(N(C)c2ncc(C(F)(F)F)c(OC(C)(C)C)n2)cc1. The van der Waals surface area contributed by atoms with E-state index in [1.54, 1.807) is 57.0 Å². The van der Waals surface area contributed by atoms with E-state index in [2.05, 4.69) is 9.97 Å². The van der Waals surface area contributed by atoms with Crippen molar-refractivity contribution in [3.63, 3.8) is 0 Å². The fourth-order valence-corrected chi connectivity index (χ4v) is 2.13. The number of aromatic nitrogens is 2. The summed E-state index contributed by atoms with van der Waals surface area (Å²) in [7, 11) is 1.67. The molecule has 8 heteroatoms. The van der Waals surface area contributed by atoms with E-state index in [-0.39, 0.29) is 5.95 Å². The van der Waals surface area contributed by atoms with Crippen LogP contribution in [0.5, 0.6) is 11.6 Å². The van der Waals surface area contributed by atoms with Gasteiger partial charge in [0, 0.05) is 18.9 Å². The van der Waals surface area contributed by atoms with Crippen molar-refractivity contribution >= 4 is 11.6 Å². The molecule has 0 aliphatic carbocycles. The van der Waals surface area contributed by atoms with Crippen LogP contribution in [0.25, 0.3) is 0 Å². The third-order valence-corrected chi connectivity index (χ3v) is 3.28. The summed E-state index contributed by atoms with van der Waals surface area (Å²) in [6.45, 7) is 7.40. The van der Waals surface area contributed by atoms with Gasteiger partial charge in [-0.25, -0.2) is 4.98 Å². The molecule has 2 rings (SSSR count). The second-order valence-corrected chi connectivity index (χ2v) is 6.59. The molecule has 142 valence electrons. The zero-order valence-electron chi connectivity index (χ0n) is 15.4. The van der Waals surface area contributed by atoms with Gasteiger partial charge in [0.15, 0.2) is 0 Å². The lowest BCUT2D eigenvalue weighted by molar-refractivity contribution is -0.140. The average molecular weight is 369 g/mol. The first-order valence-electron chi connectivity index (χ1n) is 8.11. The molecule has 1 aromatic carbocycles. The molecule has 26 heavy (non-hydrogen) atoms. The monoisotopic (exact) mass is 369 g/mol. The minimum absolute atomic E-state index is 0.0985. The Labute approximate surface area is 150 Å². The van der Waals surface area contributed by atoms with Crippen molar-refractivity contribution in [2.45, 2.75) is 39.5 Å². The number of hydrogen-bond acceptors (Lipinski definition) is 5. The molecule has 1 aromatic heterocycles. The van der Waals surface area contributed by atoms with Gasteiger partial charge in [-0.05, 0) is 52.0 Å². The summed E-state index contributed by atoms with van der Waals surface area (Å²) in [5, 5.41) is 0. The van der Waals surface area contributed by atoms with Crippen LogP contribution >= 0.6 is 0 Å². The van der Waals surface area contributed by atoms with Crippen molar-refractivity contribution in [2.75, 3.05) is 18.6 Å². The van der Waals surface area contributed by atoms with Gasteiger partial charge in [0.05, 0.1) is 6.61 Å². The minimum atomic E-state index is -4.60. The van der Waals surface area contributed by atoms with Crippen LogP contribution in [0.1, 0.15) is 33.3 Å². The highest BCUT2D eigenvalue weighted by Gasteiger charge is 2.37. The lowest BCUT2D eigenvalue weighted by atomic mass is 10.2. The lowest BCUT2D eigenvalue weighted by Crippen LogP contribution is -2.26. The molecule has 0 N–H and O–H groups in total.